The molecule has 3 rings (SSSR count). The van der Waals surface area contributed by atoms with Gasteiger partial charge in [0.15, 0.2) is 0 Å². The van der Waals surface area contributed by atoms with Gasteiger partial charge in [-0.25, -0.2) is 9.18 Å². The standard InChI is InChI=1S/C20H15FN2O5S/c1-22(15-8-3-2-7-14(15)19(26)27)17(24)11-23-18(25)16(29-20(23)28)10-12-5-4-6-13(21)9-12/h2-10H,11H2,1H3,(H,26,27)/b16-10-. The number of hydrogen-bond donors (Lipinski definition) is 1. The van der Waals surface area contributed by atoms with Crippen molar-refractivity contribution in [3.05, 3.63) is 70.4 Å². The van der Waals surface area contributed by atoms with Crippen LogP contribution < -0.4 is 4.90 Å². The molecule has 1 aliphatic rings. The van der Waals surface area contributed by atoms with Crippen LogP contribution in [-0.2, 0) is 9.59 Å². The molecule has 148 valence electrons. The quantitative estimate of drug-likeness (QED) is 0.755. The third-order valence-electron chi connectivity index (χ3n) is 4.18. The average molecular weight is 414 g/mol. The number of amides is 3. The van der Waals surface area contributed by atoms with E-state index in [9.17, 15) is 28.7 Å². The van der Waals surface area contributed by atoms with Crippen LogP contribution >= 0.6 is 11.8 Å². The van der Waals surface area contributed by atoms with Crippen molar-refractivity contribution in [2.75, 3.05) is 18.5 Å². The van der Waals surface area contributed by atoms with Crippen LogP contribution in [0.2, 0.25) is 0 Å². The number of thioether (sulfide) groups is 1. The predicted octanol–water partition coefficient (Wildman–Crippen LogP) is 3.22. The second kappa shape index (κ2) is 8.27. The molecule has 2 aromatic rings. The first-order valence-electron chi connectivity index (χ1n) is 8.37. The van der Waals surface area contributed by atoms with E-state index in [1.54, 1.807) is 12.1 Å². The lowest BCUT2D eigenvalue weighted by molar-refractivity contribution is -0.128. The SMILES string of the molecule is CN(C(=O)CN1C(=O)S/C(=C\c2cccc(F)c2)C1=O)c1ccccc1C(=O)O. The van der Waals surface area contributed by atoms with Crippen LogP contribution in [-0.4, -0.2) is 46.6 Å². The van der Waals surface area contributed by atoms with E-state index >= 15 is 0 Å². The molecule has 1 saturated heterocycles. The monoisotopic (exact) mass is 414 g/mol. The number of imide groups is 1. The summed E-state index contributed by atoms with van der Waals surface area (Å²) in [5.74, 6) is -2.98. The van der Waals surface area contributed by atoms with E-state index in [0.717, 1.165) is 9.80 Å². The number of halogens is 1. The van der Waals surface area contributed by atoms with E-state index in [-0.39, 0.29) is 16.2 Å². The van der Waals surface area contributed by atoms with Crippen molar-refractivity contribution in [1.82, 2.24) is 4.90 Å². The Morgan fingerprint density at radius 2 is 1.90 bits per heavy atom. The number of carboxylic acid groups (broad SMARTS) is 1. The predicted molar refractivity (Wildman–Crippen MR) is 106 cm³/mol. The summed E-state index contributed by atoms with van der Waals surface area (Å²) < 4.78 is 13.3. The van der Waals surface area contributed by atoms with Crippen LogP contribution in [0.5, 0.6) is 0 Å². The second-order valence-corrected chi connectivity index (χ2v) is 7.09. The third-order valence-corrected chi connectivity index (χ3v) is 5.09. The van der Waals surface area contributed by atoms with E-state index in [0.29, 0.717) is 17.3 Å². The minimum absolute atomic E-state index is 0.0713. The summed E-state index contributed by atoms with van der Waals surface area (Å²) in [6.45, 7) is -0.546. The molecule has 3 amide bonds. The van der Waals surface area contributed by atoms with Crippen LogP contribution in [0.4, 0.5) is 14.9 Å². The van der Waals surface area contributed by atoms with Crippen LogP contribution in [0.3, 0.4) is 0 Å². The number of likely N-dealkylation sites (N-methyl/N-ethyl adjacent to an activating group) is 1. The summed E-state index contributed by atoms with van der Waals surface area (Å²) in [5, 5.41) is 8.63. The number of nitrogens with zero attached hydrogens (tertiary/aromatic N) is 2. The topological polar surface area (TPSA) is 95.0 Å². The van der Waals surface area contributed by atoms with Crippen LogP contribution in [0.1, 0.15) is 15.9 Å². The van der Waals surface area contributed by atoms with E-state index in [1.807, 2.05) is 0 Å². The normalized spacial score (nSPS) is 15.1. The van der Waals surface area contributed by atoms with Gasteiger partial charge in [0, 0.05) is 7.05 Å². The molecular formula is C20H15FN2O5S. The minimum Gasteiger partial charge on any atom is -0.478 e. The highest BCUT2D eigenvalue weighted by Gasteiger charge is 2.37. The number of rotatable bonds is 5. The fraction of sp³-hybridized carbons (Fsp3) is 0.100. The van der Waals surface area contributed by atoms with Gasteiger partial charge in [-0.15, -0.1) is 0 Å². The Hall–Kier alpha value is -3.46. The van der Waals surface area contributed by atoms with Crippen molar-refractivity contribution in [1.29, 1.82) is 0 Å². The largest absolute Gasteiger partial charge is 0.478 e. The summed E-state index contributed by atoms with van der Waals surface area (Å²) in [7, 11) is 1.37. The summed E-state index contributed by atoms with van der Waals surface area (Å²) in [4.78, 5) is 50.6. The lowest BCUT2D eigenvalue weighted by Crippen LogP contribution is -2.41. The molecule has 2 aromatic carbocycles. The zero-order valence-electron chi connectivity index (χ0n) is 15.2. The molecule has 0 spiro atoms. The van der Waals surface area contributed by atoms with Gasteiger partial charge in [0.2, 0.25) is 5.91 Å². The number of carbonyl (C=O) groups is 4. The molecule has 0 aromatic heterocycles. The molecule has 29 heavy (non-hydrogen) atoms. The van der Waals surface area contributed by atoms with Gasteiger partial charge >= 0.3 is 5.97 Å². The Morgan fingerprint density at radius 3 is 2.59 bits per heavy atom. The Bertz CT molecular complexity index is 1050. The molecule has 0 unspecified atom stereocenters. The number of aromatic carboxylic acids is 1. The number of anilines is 1. The lowest BCUT2D eigenvalue weighted by Gasteiger charge is -2.21. The number of para-hydroxylation sites is 1. The molecule has 0 atom stereocenters. The van der Waals surface area contributed by atoms with Crippen molar-refractivity contribution in [3.63, 3.8) is 0 Å². The smallest absolute Gasteiger partial charge is 0.337 e. The summed E-state index contributed by atoms with van der Waals surface area (Å²) in [6.07, 6.45) is 1.38. The van der Waals surface area contributed by atoms with E-state index in [2.05, 4.69) is 0 Å². The van der Waals surface area contributed by atoms with Crippen molar-refractivity contribution >= 4 is 46.5 Å². The van der Waals surface area contributed by atoms with Gasteiger partial charge in [-0.2, -0.15) is 0 Å². The molecule has 1 heterocycles. The van der Waals surface area contributed by atoms with Crippen LogP contribution in [0, 0.1) is 5.82 Å². The number of carbonyl (C=O) groups excluding carboxylic acids is 3. The van der Waals surface area contributed by atoms with Crippen molar-refractivity contribution in [3.8, 4) is 0 Å². The average Bonchev–Trinajstić information content (AvgIpc) is 2.94. The molecule has 1 fully saturated rings. The van der Waals surface area contributed by atoms with Gasteiger partial charge in [0.25, 0.3) is 11.1 Å². The third kappa shape index (κ3) is 4.35. The summed E-state index contributed by atoms with van der Waals surface area (Å²) in [6, 6.07) is 11.4. The lowest BCUT2D eigenvalue weighted by atomic mass is 10.1. The Balaban J connectivity index is 1.78. The zero-order valence-corrected chi connectivity index (χ0v) is 16.0. The first-order chi connectivity index (χ1) is 13.8. The second-order valence-electron chi connectivity index (χ2n) is 6.10. The Morgan fingerprint density at radius 1 is 1.17 bits per heavy atom. The van der Waals surface area contributed by atoms with Gasteiger partial charge in [-0.3, -0.25) is 19.3 Å². The molecule has 0 saturated carbocycles. The summed E-state index contributed by atoms with van der Waals surface area (Å²) >= 11 is 0.651. The number of benzene rings is 2. The van der Waals surface area contributed by atoms with Crippen LogP contribution in [0.15, 0.2) is 53.4 Å². The molecular weight excluding hydrogens is 399 g/mol. The maximum absolute atomic E-state index is 13.3. The van der Waals surface area contributed by atoms with Gasteiger partial charge in [0.1, 0.15) is 12.4 Å². The molecule has 1 aliphatic heterocycles. The molecule has 0 bridgehead atoms. The van der Waals surface area contributed by atoms with E-state index < -0.39 is 35.4 Å². The first kappa shape index (κ1) is 20.3. The first-order valence-corrected chi connectivity index (χ1v) is 9.19. The van der Waals surface area contributed by atoms with Gasteiger partial charge in [-0.05, 0) is 47.7 Å². The fourth-order valence-corrected chi connectivity index (χ4v) is 3.54. The molecule has 0 aliphatic carbocycles. The highest BCUT2D eigenvalue weighted by Crippen LogP contribution is 2.32. The van der Waals surface area contributed by atoms with E-state index in [4.69, 9.17) is 0 Å². The van der Waals surface area contributed by atoms with Crippen LogP contribution in [0.25, 0.3) is 6.08 Å². The van der Waals surface area contributed by atoms with Crippen molar-refractivity contribution < 1.29 is 28.7 Å². The molecule has 9 heteroatoms. The van der Waals surface area contributed by atoms with Gasteiger partial charge < -0.3 is 10.0 Å². The van der Waals surface area contributed by atoms with Gasteiger partial charge in [0.05, 0.1) is 16.2 Å². The molecule has 1 N–H and O–H groups in total. The minimum atomic E-state index is -1.20. The van der Waals surface area contributed by atoms with Gasteiger partial charge in [-0.1, -0.05) is 24.3 Å². The molecule has 0 radical (unpaired) electrons. The zero-order chi connectivity index (χ0) is 21.1. The highest BCUT2D eigenvalue weighted by atomic mass is 32.2. The Labute approximate surface area is 169 Å². The van der Waals surface area contributed by atoms with Crippen molar-refractivity contribution in [2.24, 2.45) is 0 Å². The van der Waals surface area contributed by atoms with E-state index in [1.165, 1.54) is 49.5 Å². The summed E-state index contributed by atoms with van der Waals surface area (Å²) in [5.41, 5.74) is 0.477. The maximum Gasteiger partial charge on any atom is 0.337 e. The number of hydrogen-bond acceptors (Lipinski definition) is 5. The Kier molecular flexibility index (Phi) is 5.79. The van der Waals surface area contributed by atoms with Crippen molar-refractivity contribution in [2.45, 2.75) is 0 Å². The number of carboxylic acids is 1. The fourth-order valence-electron chi connectivity index (χ4n) is 2.71. The highest BCUT2D eigenvalue weighted by molar-refractivity contribution is 8.18. The molecule has 7 nitrogen and oxygen atoms in total. The maximum atomic E-state index is 13.3.